The normalized spacial score (nSPS) is 18.7. The molecule has 3 aromatic rings. The highest BCUT2D eigenvalue weighted by Crippen LogP contribution is 2.39. The molecule has 0 radical (unpaired) electrons. The van der Waals surface area contributed by atoms with E-state index < -0.39 is 0 Å². The lowest BCUT2D eigenvalue weighted by Gasteiger charge is -2.27. The summed E-state index contributed by atoms with van der Waals surface area (Å²) in [5.41, 5.74) is 2.08. The van der Waals surface area contributed by atoms with Gasteiger partial charge < -0.3 is 10.6 Å². The Morgan fingerprint density at radius 3 is 2.73 bits per heavy atom. The van der Waals surface area contributed by atoms with Crippen LogP contribution < -0.4 is 10.6 Å². The van der Waals surface area contributed by atoms with Crippen molar-refractivity contribution in [3.05, 3.63) is 53.3 Å². The van der Waals surface area contributed by atoms with Gasteiger partial charge in [0.1, 0.15) is 11.6 Å². The number of aromatic nitrogens is 3. The molecule has 0 saturated heterocycles. The Kier molecular flexibility index (Phi) is 6.38. The number of nitrogens with zero attached hydrogens (tertiary/aromatic N) is 3. The van der Waals surface area contributed by atoms with Gasteiger partial charge in [0.05, 0.1) is 15.6 Å². The Morgan fingerprint density at radius 2 is 1.97 bits per heavy atom. The summed E-state index contributed by atoms with van der Waals surface area (Å²) in [7, 11) is 0. The summed E-state index contributed by atoms with van der Waals surface area (Å²) in [4.78, 5) is 26.0. The topological polar surface area (TPSA) is 79.8 Å². The van der Waals surface area contributed by atoms with Gasteiger partial charge in [0.2, 0.25) is 5.91 Å². The van der Waals surface area contributed by atoms with Crippen LogP contribution in [0.2, 0.25) is 0 Å². The van der Waals surface area contributed by atoms with E-state index in [2.05, 4.69) is 15.6 Å². The molecule has 3 aromatic heterocycles. The summed E-state index contributed by atoms with van der Waals surface area (Å²) in [5.74, 6) is 2.73. The molecule has 30 heavy (non-hydrogen) atoms. The number of nitrogens with one attached hydrogen (secondary N) is 2. The third-order valence-electron chi connectivity index (χ3n) is 5.53. The summed E-state index contributed by atoms with van der Waals surface area (Å²) >= 11 is 1.74. The molecule has 2 N–H and O–H groups in total. The zero-order valence-corrected chi connectivity index (χ0v) is 18.2. The van der Waals surface area contributed by atoms with Gasteiger partial charge in [-0.15, -0.1) is 11.3 Å². The van der Waals surface area contributed by atoms with Gasteiger partial charge in [0.25, 0.3) is 0 Å². The highest BCUT2D eigenvalue weighted by Gasteiger charge is 2.24. The fraction of sp³-hybridized carbons (Fsp3) is 0.391. The average molecular weight is 422 g/mol. The standard InChI is InChI=1S/C23H27N5OS/c1-15-10-11-24-22(12-15)28-21-5-3-4-19(27-21)20-14-26-23(30-20)18-8-6-17(7-9-18)13-25-16(2)29/h3-5,10-12,14,17-18H,6-9,13H2,1-2H3,(H,25,29)(H,24,27,28)/t17-,18-. The fourth-order valence-corrected chi connectivity index (χ4v) is 4.93. The number of amides is 1. The molecular weight excluding hydrogens is 394 g/mol. The SMILES string of the molecule is CC(=O)NC[C@H]1CC[C@H](c2ncc(-c3cccc(Nc4cc(C)ccn4)n3)s2)CC1. The monoisotopic (exact) mass is 421 g/mol. The molecule has 156 valence electrons. The Hall–Kier alpha value is -2.80. The molecule has 7 heteroatoms. The molecular formula is C23H27N5OS. The number of aryl methyl sites for hydroxylation is 1. The Bertz CT molecular complexity index is 1010. The van der Waals surface area contributed by atoms with Gasteiger partial charge in [0.15, 0.2) is 0 Å². The number of rotatable bonds is 6. The zero-order valence-electron chi connectivity index (χ0n) is 17.4. The number of thiazole rings is 1. The van der Waals surface area contributed by atoms with Crippen molar-refractivity contribution in [1.29, 1.82) is 0 Å². The first-order valence-corrected chi connectivity index (χ1v) is 11.3. The van der Waals surface area contributed by atoms with Crippen LogP contribution in [0.3, 0.4) is 0 Å². The number of carbonyl (C=O) groups excluding carboxylic acids is 1. The lowest BCUT2D eigenvalue weighted by Crippen LogP contribution is -2.29. The number of carbonyl (C=O) groups is 1. The molecule has 1 aliphatic carbocycles. The lowest BCUT2D eigenvalue weighted by atomic mass is 9.82. The van der Waals surface area contributed by atoms with Crippen molar-refractivity contribution in [2.45, 2.75) is 45.4 Å². The molecule has 1 saturated carbocycles. The van der Waals surface area contributed by atoms with E-state index in [1.54, 1.807) is 24.5 Å². The maximum absolute atomic E-state index is 11.1. The van der Waals surface area contributed by atoms with Crippen molar-refractivity contribution in [1.82, 2.24) is 20.3 Å². The van der Waals surface area contributed by atoms with E-state index in [0.29, 0.717) is 11.8 Å². The highest BCUT2D eigenvalue weighted by atomic mass is 32.1. The van der Waals surface area contributed by atoms with Crippen LogP contribution in [0.4, 0.5) is 11.6 Å². The minimum Gasteiger partial charge on any atom is -0.356 e. The van der Waals surface area contributed by atoms with Crippen molar-refractivity contribution in [3.63, 3.8) is 0 Å². The Morgan fingerprint density at radius 1 is 1.13 bits per heavy atom. The minimum atomic E-state index is 0.0593. The van der Waals surface area contributed by atoms with Crippen LogP contribution in [0.25, 0.3) is 10.6 Å². The molecule has 0 spiro atoms. The molecule has 0 unspecified atom stereocenters. The van der Waals surface area contributed by atoms with Gasteiger partial charge in [-0.3, -0.25) is 4.79 Å². The zero-order chi connectivity index (χ0) is 20.9. The van der Waals surface area contributed by atoms with Gasteiger partial charge in [-0.25, -0.2) is 15.0 Å². The van der Waals surface area contributed by atoms with Crippen LogP contribution in [0, 0.1) is 12.8 Å². The third kappa shape index (κ3) is 5.21. The van der Waals surface area contributed by atoms with Gasteiger partial charge in [0, 0.05) is 31.8 Å². The van der Waals surface area contributed by atoms with Crippen molar-refractivity contribution >= 4 is 28.9 Å². The van der Waals surface area contributed by atoms with Crippen molar-refractivity contribution in [3.8, 4) is 10.6 Å². The summed E-state index contributed by atoms with van der Waals surface area (Å²) in [6.07, 6.45) is 8.28. The van der Waals surface area contributed by atoms with E-state index in [9.17, 15) is 4.79 Å². The minimum absolute atomic E-state index is 0.0593. The van der Waals surface area contributed by atoms with Crippen LogP contribution in [0.5, 0.6) is 0 Å². The van der Waals surface area contributed by atoms with Crippen LogP contribution >= 0.6 is 11.3 Å². The highest BCUT2D eigenvalue weighted by molar-refractivity contribution is 7.15. The van der Waals surface area contributed by atoms with Crippen LogP contribution in [-0.2, 0) is 4.79 Å². The van der Waals surface area contributed by atoms with E-state index in [1.807, 2.05) is 43.5 Å². The number of hydrogen-bond donors (Lipinski definition) is 2. The molecule has 3 heterocycles. The lowest BCUT2D eigenvalue weighted by molar-refractivity contribution is -0.119. The van der Waals surface area contributed by atoms with E-state index >= 15 is 0 Å². The summed E-state index contributed by atoms with van der Waals surface area (Å²) in [6.45, 7) is 4.42. The second-order valence-electron chi connectivity index (χ2n) is 7.97. The predicted molar refractivity (Wildman–Crippen MR) is 121 cm³/mol. The molecule has 4 rings (SSSR count). The van der Waals surface area contributed by atoms with Crippen LogP contribution in [0.15, 0.2) is 42.7 Å². The van der Waals surface area contributed by atoms with E-state index in [1.165, 1.54) is 5.01 Å². The third-order valence-corrected chi connectivity index (χ3v) is 6.71. The number of pyridine rings is 2. The summed E-state index contributed by atoms with van der Waals surface area (Å²) in [6, 6.07) is 9.96. The second-order valence-corrected chi connectivity index (χ2v) is 9.03. The van der Waals surface area contributed by atoms with E-state index in [-0.39, 0.29) is 5.91 Å². The van der Waals surface area contributed by atoms with E-state index in [0.717, 1.165) is 60.0 Å². The van der Waals surface area contributed by atoms with Crippen molar-refractivity contribution < 1.29 is 4.79 Å². The quantitative estimate of drug-likeness (QED) is 0.581. The maximum Gasteiger partial charge on any atom is 0.216 e. The average Bonchev–Trinajstić information content (AvgIpc) is 3.23. The van der Waals surface area contributed by atoms with Crippen molar-refractivity contribution in [2.75, 3.05) is 11.9 Å². The maximum atomic E-state index is 11.1. The summed E-state index contributed by atoms with van der Waals surface area (Å²) in [5, 5.41) is 7.43. The van der Waals surface area contributed by atoms with Crippen molar-refractivity contribution in [2.24, 2.45) is 5.92 Å². The molecule has 1 amide bonds. The number of anilines is 2. The second kappa shape index (κ2) is 9.34. The van der Waals surface area contributed by atoms with Gasteiger partial charge in [-0.05, 0) is 68.4 Å². The fourth-order valence-electron chi connectivity index (χ4n) is 3.87. The van der Waals surface area contributed by atoms with Gasteiger partial charge in [-0.2, -0.15) is 0 Å². The molecule has 1 aliphatic rings. The van der Waals surface area contributed by atoms with Crippen LogP contribution in [-0.4, -0.2) is 27.4 Å². The Labute approximate surface area is 181 Å². The molecule has 0 aliphatic heterocycles. The molecule has 1 fully saturated rings. The predicted octanol–water partition coefficient (Wildman–Crippen LogP) is 5.06. The molecule has 0 bridgehead atoms. The van der Waals surface area contributed by atoms with Crippen LogP contribution in [0.1, 0.15) is 49.1 Å². The molecule has 6 nitrogen and oxygen atoms in total. The van der Waals surface area contributed by atoms with Gasteiger partial charge in [-0.1, -0.05) is 6.07 Å². The Balaban J connectivity index is 1.40. The summed E-state index contributed by atoms with van der Waals surface area (Å²) < 4.78 is 0. The first-order valence-electron chi connectivity index (χ1n) is 10.4. The van der Waals surface area contributed by atoms with E-state index in [4.69, 9.17) is 9.97 Å². The van der Waals surface area contributed by atoms with Gasteiger partial charge >= 0.3 is 0 Å². The first-order chi connectivity index (χ1) is 14.6. The first kappa shape index (κ1) is 20.5. The number of hydrogen-bond acceptors (Lipinski definition) is 6. The molecule has 0 atom stereocenters. The molecule has 0 aromatic carbocycles. The smallest absolute Gasteiger partial charge is 0.216 e. The largest absolute Gasteiger partial charge is 0.356 e.